The molecule has 6 nitrogen and oxygen atoms in total. The molecule has 1 saturated heterocycles. The third kappa shape index (κ3) is 3.57. The van der Waals surface area contributed by atoms with Crippen LogP contribution in [0.25, 0.3) is 0 Å². The lowest BCUT2D eigenvalue weighted by atomic mass is 9.98. The average molecular weight is 332 g/mol. The number of likely N-dealkylation sites (N-methyl/N-ethyl adjacent to an activating group) is 2. The van der Waals surface area contributed by atoms with Gasteiger partial charge in [0.15, 0.2) is 5.69 Å². The molecule has 0 aliphatic carbocycles. The third-order valence-electron chi connectivity index (χ3n) is 4.12. The number of aromatic nitrogens is 2. The Labute approximate surface area is 139 Å². The van der Waals surface area contributed by atoms with E-state index in [0.29, 0.717) is 18.8 Å². The number of hydrogen-bond acceptors (Lipinski definition) is 6. The normalized spacial score (nSPS) is 22.0. The van der Waals surface area contributed by atoms with E-state index in [1.165, 1.54) is 17.1 Å². The maximum atomic E-state index is 12.4. The second-order valence-corrected chi connectivity index (χ2v) is 6.33. The molecule has 1 aromatic carbocycles. The molecule has 23 heavy (non-hydrogen) atoms. The molecule has 1 aliphatic rings. The highest BCUT2D eigenvalue weighted by Gasteiger charge is 2.33. The predicted octanol–water partition coefficient (Wildman–Crippen LogP) is 1.68. The van der Waals surface area contributed by atoms with Crippen molar-refractivity contribution in [2.75, 3.05) is 33.8 Å². The third-order valence-corrected chi connectivity index (χ3v) is 4.63. The van der Waals surface area contributed by atoms with E-state index in [4.69, 9.17) is 4.74 Å². The van der Waals surface area contributed by atoms with Gasteiger partial charge in [-0.1, -0.05) is 34.8 Å². The van der Waals surface area contributed by atoms with E-state index >= 15 is 0 Å². The molecule has 3 rings (SSSR count). The highest BCUT2D eigenvalue weighted by atomic mass is 32.1. The summed E-state index contributed by atoms with van der Waals surface area (Å²) in [5.41, 5.74) is 1.59. The molecule has 0 saturated carbocycles. The van der Waals surface area contributed by atoms with E-state index in [-0.39, 0.29) is 18.1 Å². The number of hydrogen-bond donors (Lipinski definition) is 0. The minimum absolute atomic E-state index is 0.0725. The van der Waals surface area contributed by atoms with Crippen molar-refractivity contribution >= 4 is 17.4 Å². The molecular formula is C16H20N4O2S. The van der Waals surface area contributed by atoms with Gasteiger partial charge in [0.25, 0.3) is 5.91 Å². The van der Waals surface area contributed by atoms with E-state index in [2.05, 4.69) is 33.7 Å². The fourth-order valence-corrected chi connectivity index (χ4v) is 3.37. The van der Waals surface area contributed by atoms with Gasteiger partial charge in [0.2, 0.25) is 0 Å². The minimum Gasteiger partial charge on any atom is -0.373 e. The smallest absolute Gasteiger partial charge is 0.275 e. The monoisotopic (exact) mass is 332 g/mol. The van der Waals surface area contributed by atoms with Gasteiger partial charge >= 0.3 is 0 Å². The van der Waals surface area contributed by atoms with Crippen LogP contribution in [0.4, 0.5) is 0 Å². The Balaban J connectivity index is 1.75. The molecule has 2 aromatic rings. The number of morpholine rings is 1. The van der Waals surface area contributed by atoms with Crippen molar-refractivity contribution in [1.29, 1.82) is 0 Å². The summed E-state index contributed by atoms with van der Waals surface area (Å²) in [5.74, 6) is -0.123. The summed E-state index contributed by atoms with van der Waals surface area (Å²) in [4.78, 5) is 16.3. The molecule has 1 amide bonds. The van der Waals surface area contributed by atoms with Gasteiger partial charge in [-0.3, -0.25) is 9.69 Å². The number of nitrogens with zero attached hydrogens (tertiary/aromatic N) is 4. The summed E-state index contributed by atoms with van der Waals surface area (Å²) in [6.45, 7) is 2.06. The van der Waals surface area contributed by atoms with Crippen molar-refractivity contribution in [3.8, 4) is 0 Å². The van der Waals surface area contributed by atoms with Gasteiger partial charge in [-0.25, -0.2) is 0 Å². The van der Waals surface area contributed by atoms with E-state index in [1.54, 1.807) is 17.3 Å². The first-order chi connectivity index (χ1) is 11.2. The summed E-state index contributed by atoms with van der Waals surface area (Å²) < 4.78 is 9.74. The SMILES string of the molecule is CN(C[C@@H]1OCCN(C)[C@H]1c1ccccc1)C(=O)c1csnn1. The Kier molecular flexibility index (Phi) is 5.00. The molecule has 7 heteroatoms. The summed E-state index contributed by atoms with van der Waals surface area (Å²) in [7, 11) is 3.88. The molecule has 0 radical (unpaired) electrons. The molecule has 0 N–H and O–H groups in total. The largest absolute Gasteiger partial charge is 0.373 e. The van der Waals surface area contributed by atoms with E-state index in [0.717, 1.165) is 6.54 Å². The zero-order valence-electron chi connectivity index (χ0n) is 13.3. The predicted molar refractivity (Wildman–Crippen MR) is 88.4 cm³/mol. The Bertz CT molecular complexity index is 635. The Hall–Kier alpha value is -1.83. The van der Waals surface area contributed by atoms with Crippen molar-refractivity contribution < 1.29 is 9.53 Å². The number of rotatable bonds is 4. The van der Waals surface area contributed by atoms with E-state index in [9.17, 15) is 4.79 Å². The number of carbonyl (C=O) groups excluding carboxylic acids is 1. The van der Waals surface area contributed by atoms with Crippen LogP contribution in [-0.2, 0) is 4.74 Å². The van der Waals surface area contributed by atoms with Crippen LogP contribution in [0.2, 0.25) is 0 Å². The molecule has 122 valence electrons. The topological polar surface area (TPSA) is 58.6 Å². The lowest BCUT2D eigenvalue weighted by Crippen LogP contribution is -2.48. The maximum absolute atomic E-state index is 12.4. The molecule has 2 atom stereocenters. The average Bonchev–Trinajstić information content (AvgIpc) is 3.09. The van der Waals surface area contributed by atoms with Crippen LogP contribution < -0.4 is 0 Å². The van der Waals surface area contributed by atoms with Gasteiger partial charge < -0.3 is 9.64 Å². The zero-order valence-corrected chi connectivity index (χ0v) is 14.1. The van der Waals surface area contributed by atoms with Gasteiger partial charge in [-0.2, -0.15) is 0 Å². The standard InChI is InChI=1S/C16H20N4O2S/c1-19-8-9-22-14(15(19)12-6-4-3-5-7-12)10-20(2)16(21)13-11-23-18-17-13/h3-7,11,14-15H,8-10H2,1-2H3/t14-,15-/m0/s1. The molecule has 1 fully saturated rings. The van der Waals surface area contributed by atoms with Crippen LogP contribution in [0.5, 0.6) is 0 Å². The molecule has 0 bridgehead atoms. The van der Waals surface area contributed by atoms with E-state index in [1.807, 2.05) is 18.2 Å². The molecule has 0 unspecified atom stereocenters. The Morgan fingerprint density at radius 2 is 2.22 bits per heavy atom. The molecule has 0 spiro atoms. The van der Waals surface area contributed by atoms with Crippen LogP contribution in [0.3, 0.4) is 0 Å². The van der Waals surface area contributed by atoms with Gasteiger partial charge in [0.1, 0.15) is 0 Å². The van der Waals surface area contributed by atoms with Crippen LogP contribution in [-0.4, -0.2) is 65.2 Å². The van der Waals surface area contributed by atoms with Gasteiger partial charge in [0, 0.05) is 25.5 Å². The van der Waals surface area contributed by atoms with Crippen molar-refractivity contribution in [1.82, 2.24) is 19.4 Å². The summed E-state index contributed by atoms with van der Waals surface area (Å²) in [5, 5.41) is 5.52. The highest BCUT2D eigenvalue weighted by Crippen LogP contribution is 2.28. The lowest BCUT2D eigenvalue weighted by Gasteiger charge is -2.40. The van der Waals surface area contributed by atoms with Crippen LogP contribution in [0.1, 0.15) is 22.1 Å². The van der Waals surface area contributed by atoms with Crippen LogP contribution in [0, 0.1) is 0 Å². The summed E-state index contributed by atoms with van der Waals surface area (Å²) in [6, 6.07) is 10.4. The number of ether oxygens (including phenoxy) is 1. The van der Waals surface area contributed by atoms with Crippen molar-refractivity contribution in [2.24, 2.45) is 0 Å². The molecule has 2 heterocycles. The van der Waals surface area contributed by atoms with Crippen molar-refractivity contribution in [3.05, 3.63) is 47.0 Å². The second-order valence-electron chi connectivity index (χ2n) is 5.72. The Morgan fingerprint density at radius 3 is 2.91 bits per heavy atom. The fourth-order valence-electron chi connectivity index (χ4n) is 2.94. The highest BCUT2D eigenvalue weighted by molar-refractivity contribution is 7.03. The maximum Gasteiger partial charge on any atom is 0.275 e. The van der Waals surface area contributed by atoms with Gasteiger partial charge in [-0.15, -0.1) is 5.10 Å². The first-order valence-corrected chi connectivity index (χ1v) is 8.40. The minimum atomic E-state index is -0.123. The van der Waals surface area contributed by atoms with E-state index < -0.39 is 0 Å². The first-order valence-electron chi connectivity index (χ1n) is 7.56. The quantitative estimate of drug-likeness (QED) is 0.853. The van der Waals surface area contributed by atoms with Crippen molar-refractivity contribution in [2.45, 2.75) is 12.1 Å². The van der Waals surface area contributed by atoms with Crippen LogP contribution >= 0.6 is 11.5 Å². The lowest BCUT2D eigenvalue weighted by molar-refractivity contribution is -0.0708. The zero-order chi connectivity index (χ0) is 16.2. The van der Waals surface area contributed by atoms with Crippen LogP contribution in [0.15, 0.2) is 35.7 Å². The molecule has 1 aliphatic heterocycles. The number of carbonyl (C=O) groups is 1. The summed E-state index contributed by atoms with van der Waals surface area (Å²) >= 11 is 1.18. The first kappa shape index (κ1) is 16.0. The Morgan fingerprint density at radius 1 is 1.43 bits per heavy atom. The number of amides is 1. The fraction of sp³-hybridized carbons (Fsp3) is 0.438. The molecular weight excluding hydrogens is 312 g/mol. The summed E-state index contributed by atoms with van der Waals surface area (Å²) in [6.07, 6.45) is -0.0725. The van der Waals surface area contributed by atoms with Crippen molar-refractivity contribution in [3.63, 3.8) is 0 Å². The molecule has 1 aromatic heterocycles. The van der Waals surface area contributed by atoms with Gasteiger partial charge in [0.05, 0.1) is 18.8 Å². The number of benzene rings is 1. The second kappa shape index (κ2) is 7.16. The van der Waals surface area contributed by atoms with Gasteiger partial charge in [-0.05, 0) is 24.1 Å².